The van der Waals surface area contributed by atoms with Crippen LogP contribution in [0.2, 0.25) is 0 Å². The van der Waals surface area contributed by atoms with E-state index >= 15 is 0 Å². The van der Waals surface area contributed by atoms with Crippen molar-refractivity contribution in [2.75, 3.05) is 0 Å². The number of allylic oxidation sites excluding steroid dienone is 4. The van der Waals surface area contributed by atoms with E-state index in [4.69, 9.17) is 0 Å². The van der Waals surface area contributed by atoms with E-state index in [0.717, 1.165) is 38.5 Å². The lowest BCUT2D eigenvalue weighted by Crippen LogP contribution is -2.26. The number of carbonyl (C=O) groups is 1. The average Bonchev–Trinajstić information content (AvgIpc) is 2.41. The minimum Gasteiger partial charge on any atom is -0.385 e. The third kappa shape index (κ3) is 4.09. The van der Waals surface area contributed by atoms with Gasteiger partial charge in [-0.2, -0.15) is 0 Å². The van der Waals surface area contributed by atoms with Gasteiger partial charge in [-0.15, -0.1) is 0 Å². The number of ketones is 1. The van der Waals surface area contributed by atoms with Gasteiger partial charge in [0.25, 0.3) is 0 Å². The molecule has 1 N–H and O–H groups in total. The van der Waals surface area contributed by atoms with Crippen LogP contribution in [-0.2, 0) is 4.79 Å². The van der Waals surface area contributed by atoms with Crippen LogP contribution in [0.3, 0.4) is 0 Å². The molecule has 0 aliphatic heterocycles. The van der Waals surface area contributed by atoms with Crippen molar-refractivity contribution in [2.24, 2.45) is 11.8 Å². The highest BCUT2D eigenvalue weighted by Gasteiger charge is 2.23. The Labute approximate surface area is 110 Å². The summed E-state index contributed by atoms with van der Waals surface area (Å²) in [5.41, 5.74) is 0. The standard InChI is InChI=1S/C16H24O2/c17-15(11-13-7-3-1-4-8-13)16(18)12-14-9-5-2-6-10-14/h1-3,5,13-15,17H,4,6-12H2. The van der Waals surface area contributed by atoms with Gasteiger partial charge in [-0.3, -0.25) is 4.79 Å². The highest BCUT2D eigenvalue weighted by molar-refractivity contribution is 5.83. The van der Waals surface area contributed by atoms with E-state index in [2.05, 4.69) is 24.3 Å². The van der Waals surface area contributed by atoms with Crippen molar-refractivity contribution in [1.29, 1.82) is 0 Å². The largest absolute Gasteiger partial charge is 0.385 e. The molecule has 0 bridgehead atoms. The summed E-state index contributed by atoms with van der Waals surface area (Å²) in [7, 11) is 0. The topological polar surface area (TPSA) is 37.3 Å². The first-order chi connectivity index (χ1) is 8.75. The third-order valence-corrected chi connectivity index (χ3v) is 4.17. The molecule has 3 unspecified atom stereocenters. The van der Waals surface area contributed by atoms with Crippen molar-refractivity contribution in [3.8, 4) is 0 Å². The Hall–Kier alpha value is -0.890. The summed E-state index contributed by atoms with van der Waals surface area (Å²) in [6.45, 7) is 0. The molecule has 2 aliphatic carbocycles. The van der Waals surface area contributed by atoms with E-state index in [1.54, 1.807) is 0 Å². The quantitative estimate of drug-likeness (QED) is 0.757. The zero-order chi connectivity index (χ0) is 12.8. The molecule has 2 aliphatic rings. The highest BCUT2D eigenvalue weighted by atomic mass is 16.3. The molecule has 0 fully saturated rings. The van der Waals surface area contributed by atoms with Crippen molar-refractivity contribution >= 4 is 5.78 Å². The lowest BCUT2D eigenvalue weighted by Gasteiger charge is -2.22. The van der Waals surface area contributed by atoms with Crippen molar-refractivity contribution in [2.45, 2.75) is 57.5 Å². The Balaban J connectivity index is 1.73. The van der Waals surface area contributed by atoms with Crippen LogP contribution in [0.15, 0.2) is 24.3 Å². The second-order valence-corrected chi connectivity index (χ2v) is 5.72. The van der Waals surface area contributed by atoms with E-state index in [0.29, 0.717) is 24.7 Å². The second-order valence-electron chi connectivity index (χ2n) is 5.72. The van der Waals surface area contributed by atoms with Crippen molar-refractivity contribution in [3.63, 3.8) is 0 Å². The normalized spacial score (nSPS) is 29.2. The van der Waals surface area contributed by atoms with E-state index in [9.17, 15) is 9.90 Å². The van der Waals surface area contributed by atoms with Gasteiger partial charge in [-0.25, -0.2) is 0 Å². The molecule has 0 heterocycles. The van der Waals surface area contributed by atoms with Gasteiger partial charge in [0.15, 0.2) is 5.78 Å². The Bertz CT molecular complexity index is 330. The number of aliphatic hydroxyl groups excluding tert-OH is 1. The summed E-state index contributed by atoms with van der Waals surface area (Å²) in [5.74, 6) is 1.02. The van der Waals surface area contributed by atoms with Gasteiger partial charge >= 0.3 is 0 Å². The number of carbonyl (C=O) groups excluding carboxylic acids is 1. The Kier molecular flexibility index (Phi) is 5.18. The van der Waals surface area contributed by atoms with Gasteiger partial charge < -0.3 is 5.11 Å². The van der Waals surface area contributed by atoms with Gasteiger partial charge in [0.2, 0.25) is 0 Å². The van der Waals surface area contributed by atoms with Crippen LogP contribution in [0.25, 0.3) is 0 Å². The molecule has 0 saturated heterocycles. The molecule has 0 radical (unpaired) electrons. The molecule has 0 aromatic heterocycles. The second kappa shape index (κ2) is 6.89. The maximum absolute atomic E-state index is 12.0. The number of Topliss-reactive ketones (excluding diaryl/α,β-unsaturated/α-hetero) is 1. The molecule has 0 aromatic rings. The van der Waals surface area contributed by atoms with Gasteiger partial charge in [0.05, 0.1) is 0 Å². The molecule has 2 heteroatoms. The van der Waals surface area contributed by atoms with Gasteiger partial charge in [0.1, 0.15) is 6.10 Å². The van der Waals surface area contributed by atoms with Crippen molar-refractivity contribution < 1.29 is 9.90 Å². The Morgan fingerprint density at radius 2 is 1.67 bits per heavy atom. The first kappa shape index (κ1) is 13.5. The molecule has 100 valence electrons. The monoisotopic (exact) mass is 248 g/mol. The molecular weight excluding hydrogens is 224 g/mol. The molecule has 0 aromatic carbocycles. The van der Waals surface area contributed by atoms with Gasteiger partial charge in [-0.05, 0) is 56.8 Å². The molecular formula is C16H24O2. The zero-order valence-corrected chi connectivity index (χ0v) is 11.1. The van der Waals surface area contributed by atoms with Crippen LogP contribution >= 0.6 is 0 Å². The first-order valence-corrected chi connectivity index (χ1v) is 7.26. The number of aliphatic hydroxyl groups is 1. The van der Waals surface area contributed by atoms with E-state index in [-0.39, 0.29) is 5.78 Å². The number of rotatable bonds is 5. The molecule has 2 rings (SSSR count). The maximum Gasteiger partial charge on any atom is 0.161 e. The first-order valence-electron chi connectivity index (χ1n) is 7.26. The van der Waals surface area contributed by atoms with Crippen LogP contribution in [0.4, 0.5) is 0 Å². The van der Waals surface area contributed by atoms with E-state index in [1.807, 2.05) is 0 Å². The van der Waals surface area contributed by atoms with Gasteiger partial charge in [0, 0.05) is 6.42 Å². The summed E-state index contributed by atoms with van der Waals surface area (Å²) in [6, 6.07) is 0. The van der Waals surface area contributed by atoms with Crippen LogP contribution in [0.5, 0.6) is 0 Å². The average molecular weight is 248 g/mol. The molecule has 18 heavy (non-hydrogen) atoms. The number of hydrogen-bond donors (Lipinski definition) is 1. The molecule has 2 nitrogen and oxygen atoms in total. The van der Waals surface area contributed by atoms with Crippen molar-refractivity contribution in [3.05, 3.63) is 24.3 Å². The smallest absolute Gasteiger partial charge is 0.161 e. The molecule has 0 saturated carbocycles. The van der Waals surface area contributed by atoms with Crippen LogP contribution in [0.1, 0.15) is 51.4 Å². The molecule has 0 amide bonds. The minimum absolute atomic E-state index is 0.0600. The van der Waals surface area contributed by atoms with Gasteiger partial charge in [-0.1, -0.05) is 24.3 Å². The number of hydrogen-bond acceptors (Lipinski definition) is 2. The zero-order valence-electron chi connectivity index (χ0n) is 11.1. The fourth-order valence-corrected chi connectivity index (χ4v) is 2.98. The Morgan fingerprint density at radius 3 is 2.22 bits per heavy atom. The third-order valence-electron chi connectivity index (χ3n) is 4.17. The highest BCUT2D eigenvalue weighted by Crippen LogP contribution is 2.26. The lowest BCUT2D eigenvalue weighted by atomic mass is 9.85. The molecule has 0 spiro atoms. The SMILES string of the molecule is O=C(CC1CC=CCC1)C(O)CC1CC=CCC1. The van der Waals surface area contributed by atoms with Crippen LogP contribution in [-0.4, -0.2) is 17.0 Å². The van der Waals surface area contributed by atoms with E-state index in [1.165, 1.54) is 0 Å². The predicted octanol–water partition coefficient (Wildman–Crippen LogP) is 3.41. The summed E-state index contributed by atoms with van der Waals surface area (Å²) in [4.78, 5) is 12.0. The lowest BCUT2D eigenvalue weighted by molar-refractivity contribution is -0.129. The predicted molar refractivity (Wildman–Crippen MR) is 73.2 cm³/mol. The maximum atomic E-state index is 12.0. The summed E-state index contributed by atoms with van der Waals surface area (Å²) in [6.07, 6.45) is 15.6. The summed E-state index contributed by atoms with van der Waals surface area (Å²) >= 11 is 0. The summed E-state index contributed by atoms with van der Waals surface area (Å²) < 4.78 is 0. The van der Waals surface area contributed by atoms with Crippen molar-refractivity contribution in [1.82, 2.24) is 0 Å². The minimum atomic E-state index is -0.729. The fraction of sp³-hybridized carbons (Fsp3) is 0.688. The fourth-order valence-electron chi connectivity index (χ4n) is 2.98. The Morgan fingerprint density at radius 1 is 1.06 bits per heavy atom. The van der Waals surface area contributed by atoms with E-state index < -0.39 is 6.10 Å². The van der Waals surface area contributed by atoms with Crippen LogP contribution in [0, 0.1) is 11.8 Å². The van der Waals surface area contributed by atoms with Crippen LogP contribution < -0.4 is 0 Å². The summed E-state index contributed by atoms with van der Waals surface area (Å²) in [5, 5.41) is 10.0. The molecule has 3 atom stereocenters.